The summed E-state index contributed by atoms with van der Waals surface area (Å²) in [5.41, 5.74) is 0.721. The second-order valence-electron chi connectivity index (χ2n) is 3.31. The van der Waals surface area contributed by atoms with Crippen molar-refractivity contribution in [3.63, 3.8) is 0 Å². The van der Waals surface area contributed by atoms with E-state index in [1.165, 1.54) is 6.92 Å². The Hall–Kier alpha value is -1.85. The Kier molecular flexibility index (Phi) is 4.04. The molecule has 2 N–H and O–H groups in total. The second kappa shape index (κ2) is 5.29. The summed E-state index contributed by atoms with van der Waals surface area (Å²) >= 11 is 0. The van der Waals surface area contributed by atoms with Gasteiger partial charge in [-0.1, -0.05) is 0 Å². The molecule has 0 bridgehead atoms. The van der Waals surface area contributed by atoms with Crippen LogP contribution in [0.15, 0.2) is 6.07 Å². The van der Waals surface area contributed by atoms with E-state index < -0.39 is 12.0 Å². The molecule has 0 aliphatic rings. The van der Waals surface area contributed by atoms with Crippen molar-refractivity contribution < 1.29 is 14.6 Å². The Morgan fingerprint density at radius 3 is 2.88 bits per heavy atom. The fourth-order valence-electron chi connectivity index (χ4n) is 1.08. The molecular formula is C10H15N3O3. The maximum atomic E-state index is 10.6. The summed E-state index contributed by atoms with van der Waals surface area (Å²) in [6, 6.07) is 0.955. The summed E-state index contributed by atoms with van der Waals surface area (Å²) < 4.78 is 5.23. The first-order valence-corrected chi connectivity index (χ1v) is 5.00. The lowest BCUT2D eigenvalue weighted by atomic mass is 10.3. The zero-order valence-electron chi connectivity index (χ0n) is 9.52. The van der Waals surface area contributed by atoms with Crippen LogP contribution >= 0.6 is 0 Å². The van der Waals surface area contributed by atoms with Crippen molar-refractivity contribution in [1.82, 2.24) is 9.97 Å². The van der Waals surface area contributed by atoms with E-state index in [4.69, 9.17) is 9.84 Å². The van der Waals surface area contributed by atoms with E-state index in [2.05, 4.69) is 15.3 Å². The number of rotatable bonds is 5. The van der Waals surface area contributed by atoms with E-state index >= 15 is 0 Å². The van der Waals surface area contributed by atoms with Gasteiger partial charge in [-0.3, -0.25) is 4.79 Å². The molecule has 0 aliphatic carbocycles. The number of aliphatic carboxylic acids is 1. The molecule has 0 saturated heterocycles. The molecule has 6 nitrogen and oxygen atoms in total. The molecular weight excluding hydrogens is 210 g/mol. The first-order chi connectivity index (χ1) is 7.52. The summed E-state index contributed by atoms with van der Waals surface area (Å²) in [7, 11) is 0. The highest BCUT2D eigenvalue weighted by Crippen LogP contribution is 2.12. The third-order valence-corrected chi connectivity index (χ3v) is 1.84. The quantitative estimate of drug-likeness (QED) is 0.779. The molecule has 0 aliphatic heterocycles. The Labute approximate surface area is 93.7 Å². The molecule has 0 fully saturated rings. The normalized spacial score (nSPS) is 11.9. The van der Waals surface area contributed by atoms with E-state index in [1.54, 1.807) is 13.0 Å². The number of nitrogens with zero attached hydrogens (tertiary/aromatic N) is 2. The van der Waals surface area contributed by atoms with Crippen molar-refractivity contribution in [3.8, 4) is 5.88 Å². The minimum atomic E-state index is -0.955. The van der Waals surface area contributed by atoms with Crippen molar-refractivity contribution in [2.75, 3.05) is 11.9 Å². The number of carboxylic acids is 1. The first kappa shape index (κ1) is 12.2. The Bertz CT molecular complexity index is 382. The molecule has 1 rings (SSSR count). The second-order valence-corrected chi connectivity index (χ2v) is 3.31. The molecule has 88 valence electrons. The third kappa shape index (κ3) is 3.38. The number of anilines is 1. The molecule has 6 heteroatoms. The molecule has 0 amide bonds. The smallest absolute Gasteiger partial charge is 0.325 e. The molecule has 0 radical (unpaired) electrons. The van der Waals surface area contributed by atoms with Gasteiger partial charge in [-0.15, -0.1) is 0 Å². The van der Waals surface area contributed by atoms with Gasteiger partial charge in [-0.05, 0) is 20.8 Å². The highest BCUT2D eigenvalue weighted by molar-refractivity contribution is 5.75. The lowest BCUT2D eigenvalue weighted by Gasteiger charge is -2.10. The topological polar surface area (TPSA) is 84.3 Å². The van der Waals surface area contributed by atoms with Crippen LogP contribution in [-0.2, 0) is 4.79 Å². The maximum Gasteiger partial charge on any atom is 0.325 e. The van der Waals surface area contributed by atoms with Gasteiger partial charge in [-0.25, -0.2) is 4.98 Å². The highest BCUT2D eigenvalue weighted by Gasteiger charge is 2.12. The van der Waals surface area contributed by atoms with Gasteiger partial charge in [0, 0.05) is 11.8 Å². The van der Waals surface area contributed by atoms with Crippen LogP contribution in [0.5, 0.6) is 5.88 Å². The van der Waals surface area contributed by atoms with Crippen LogP contribution in [0.4, 0.5) is 5.95 Å². The van der Waals surface area contributed by atoms with E-state index in [9.17, 15) is 4.79 Å². The maximum absolute atomic E-state index is 10.6. The standard InChI is InChI=1S/C10H15N3O3/c1-4-16-8-5-6(2)11-10(13-8)12-7(3)9(14)15/h5,7H,4H2,1-3H3,(H,14,15)(H,11,12,13). The van der Waals surface area contributed by atoms with Crippen LogP contribution in [0.25, 0.3) is 0 Å². The monoisotopic (exact) mass is 225 g/mol. The van der Waals surface area contributed by atoms with Crippen molar-refractivity contribution >= 4 is 11.9 Å². The van der Waals surface area contributed by atoms with Gasteiger partial charge < -0.3 is 15.2 Å². The van der Waals surface area contributed by atoms with E-state index in [1.807, 2.05) is 6.92 Å². The van der Waals surface area contributed by atoms with Gasteiger partial charge in [0.2, 0.25) is 11.8 Å². The molecule has 1 aromatic heterocycles. The number of aryl methyl sites for hydroxylation is 1. The van der Waals surface area contributed by atoms with Crippen LogP contribution < -0.4 is 10.1 Å². The average molecular weight is 225 g/mol. The van der Waals surface area contributed by atoms with Gasteiger partial charge in [0.15, 0.2) is 0 Å². The minimum Gasteiger partial charge on any atom is -0.480 e. The van der Waals surface area contributed by atoms with Crippen molar-refractivity contribution in [1.29, 1.82) is 0 Å². The third-order valence-electron chi connectivity index (χ3n) is 1.84. The zero-order chi connectivity index (χ0) is 12.1. The zero-order valence-corrected chi connectivity index (χ0v) is 9.52. The average Bonchev–Trinajstić information content (AvgIpc) is 2.16. The molecule has 1 atom stereocenters. The fourth-order valence-corrected chi connectivity index (χ4v) is 1.08. The predicted octanol–water partition coefficient (Wildman–Crippen LogP) is 1.07. The largest absolute Gasteiger partial charge is 0.480 e. The number of hydrogen-bond donors (Lipinski definition) is 2. The summed E-state index contributed by atoms with van der Waals surface area (Å²) in [5.74, 6) is -0.253. The molecule has 0 spiro atoms. The summed E-state index contributed by atoms with van der Waals surface area (Å²) in [6.07, 6.45) is 0. The molecule has 1 aromatic rings. The van der Waals surface area contributed by atoms with Crippen molar-refractivity contribution in [2.45, 2.75) is 26.8 Å². The van der Waals surface area contributed by atoms with E-state index in [0.717, 1.165) is 5.69 Å². The molecule has 16 heavy (non-hydrogen) atoms. The number of carboxylic acid groups (broad SMARTS) is 1. The summed E-state index contributed by atoms with van der Waals surface area (Å²) in [6.45, 7) is 5.67. The van der Waals surface area contributed by atoms with Crippen LogP contribution in [0.1, 0.15) is 19.5 Å². The van der Waals surface area contributed by atoms with E-state index in [-0.39, 0.29) is 5.95 Å². The lowest BCUT2D eigenvalue weighted by molar-refractivity contribution is -0.137. The first-order valence-electron chi connectivity index (χ1n) is 5.00. The van der Waals surface area contributed by atoms with Gasteiger partial charge in [0.1, 0.15) is 6.04 Å². The number of hydrogen-bond acceptors (Lipinski definition) is 5. The molecule has 1 unspecified atom stereocenters. The Morgan fingerprint density at radius 2 is 2.31 bits per heavy atom. The van der Waals surface area contributed by atoms with Crippen LogP contribution in [0.3, 0.4) is 0 Å². The van der Waals surface area contributed by atoms with Gasteiger partial charge >= 0.3 is 5.97 Å². The number of ether oxygens (including phenoxy) is 1. The van der Waals surface area contributed by atoms with Crippen molar-refractivity contribution in [3.05, 3.63) is 11.8 Å². The van der Waals surface area contributed by atoms with Gasteiger partial charge in [0.25, 0.3) is 0 Å². The minimum absolute atomic E-state index is 0.262. The Morgan fingerprint density at radius 1 is 1.62 bits per heavy atom. The lowest BCUT2D eigenvalue weighted by Crippen LogP contribution is -2.26. The van der Waals surface area contributed by atoms with Crippen LogP contribution in [0, 0.1) is 6.92 Å². The van der Waals surface area contributed by atoms with Gasteiger partial charge in [0.05, 0.1) is 6.61 Å². The summed E-state index contributed by atoms with van der Waals surface area (Å²) in [4.78, 5) is 18.8. The van der Waals surface area contributed by atoms with Crippen LogP contribution in [0.2, 0.25) is 0 Å². The highest BCUT2D eigenvalue weighted by atomic mass is 16.5. The van der Waals surface area contributed by atoms with Gasteiger partial charge in [-0.2, -0.15) is 4.98 Å². The van der Waals surface area contributed by atoms with Crippen LogP contribution in [-0.4, -0.2) is 33.7 Å². The molecule has 1 heterocycles. The number of nitrogens with one attached hydrogen (secondary N) is 1. The number of aromatic nitrogens is 2. The predicted molar refractivity (Wildman–Crippen MR) is 58.7 cm³/mol. The Balaban J connectivity index is 2.83. The fraction of sp³-hybridized carbons (Fsp3) is 0.500. The number of carbonyl (C=O) groups is 1. The SMILES string of the molecule is CCOc1cc(C)nc(NC(C)C(=O)O)n1. The van der Waals surface area contributed by atoms with E-state index in [0.29, 0.717) is 12.5 Å². The summed E-state index contributed by atoms with van der Waals surface area (Å²) in [5, 5.41) is 11.4. The van der Waals surface area contributed by atoms with Crippen molar-refractivity contribution in [2.24, 2.45) is 0 Å². The molecule has 0 saturated carbocycles. The molecule has 0 aromatic carbocycles.